The lowest BCUT2D eigenvalue weighted by Gasteiger charge is -2.16. The molecule has 7 nitrogen and oxygen atoms in total. The van der Waals surface area contributed by atoms with Crippen LogP contribution in [0.4, 0.5) is 10.1 Å². The van der Waals surface area contributed by atoms with Gasteiger partial charge in [-0.3, -0.25) is 19.0 Å². The summed E-state index contributed by atoms with van der Waals surface area (Å²) in [4.78, 5) is 41.6. The van der Waals surface area contributed by atoms with Gasteiger partial charge in [0.2, 0.25) is 5.91 Å². The SMILES string of the molecule is COC(=O)CCn1c(SC(C)C(=O)Nc2ccc(F)cc2)nc2ccccc2c1=O. The normalized spacial score (nSPS) is 11.8. The smallest absolute Gasteiger partial charge is 0.307 e. The van der Waals surface area contributed by atoms with Crippen molar-refractivity contribution in [2.45, 2.75) is 30.3 Å². The highest BCUT2D eigenvalue weighted by Crippen LogP contribution is 2.24. The molecule has 0 fully saturated rings. The second-order valence-corrected chi connectivity index (χ2v) is 7.76. The number of hydrogen-bond acceptors (Lipinski definition) is 6. The average molecular weight is 429 g/mol. The van der Waals surface area contributed by atoms with Crippen LogP contribution in [-0.4, -0.2) is 33.8 Å². The van der Waals surface area contributed by atoms with E-state index in [-0.39, 0.29) is 24.4 Å². The van der Waals surface area contributed by atoms with E-state index < -0.39 is 17.0 Å². The quantitative estimate of drug-likeness (QED) is 0.352. The first-order chi connectivity index (χ1) is 14.4. The number of nitrogens with zero attached hydrogens (tertiary/aromatic N) is 2. The topological polar surface area (TPSA) is 90.3 Å². The molecule has 0 spiro atoms. The zero-order valence-electron chi connectivity index (χ0n) is 16.4. The zero-order valence-corrected chi connectivity index (χ0v) is 17.2. The Kier molecular flexibility index (Phi) is 6.83. The van der Waals surface area contributed by atoms with E-state index in [1.165, 1.54) is 35.9 Å². The number of carbonyl (C=O) groups is 2. The van der Waals surface area contributed by atoms with Gasteiger partial charge in [-0.2, -0.15) is 0 Å². The molecular formula is C21H20FN3O4S. The fourth-order valence-electron chi connectivity index (χ4n) is 2.73. The van der Waals surface area contributed by atoms with Crippen LogP contribution >= 0.6 is 11.8 Å². The van der Waals surface area contributed by atoms with Crippen LogP contribution in [0.25, 0.3) is 10.9 Å². The summed E-state index contributed by atoms with van der Waals surface area (Å²) in [6, 6.07) is 12.3. The highest BCUT2D eigenvalue weighted by molar-refractivity contribution is 8.00. The van der Waals surface area contributed by atoms with Gasteiger partial charge in [0.15, 0.2) is 5.16 Å². The number of carbonyl (C=O) groups excluding carboxylic acids is 2. The maximum atomic E-state index is 13.0. The van der Waals surface area contributed by atoms with E-state index in [9.17, 15) is 18.8 Å². The number of halogens is 1. The van der Waals surface area contributed by atoms with Crippen molar-refractivity contribution in [3.8, 4) is 0 Å². The molecule has 2 aromatic carbocycles. The number of nitrogens with one attached hydrogen (secondary N) is 1. The van der Waals surface area contributed by atoms with Crippen molar-refractivity contribution in [3.05, 3.63) is 64.7 Å². The molecule has 1 heterocycles. The number of rotatable bonds is 7. The molecule has 156 valence electrons. The number of fused-ring (bicyclic) bond motifs is 1. The lowest BCUT2D eigenvalue weighted by Crippen LogP contribution is -2.27. The van der Waals surface area contributed by atoms with Crippen molar-refractivity contribution in [2.75, 3.05) is 12.4 Å². The summed E-state index contributed by atoms with van der Waals surface area (Å²) in [5.74, 6) is -1.17. The van der Waals surface area contributed by atoms with Crippen LogP contribution in [0.3, 0.4) is 0 Å². The molecule has 1 amide bonds. The van der Waals surface area contributed by atoms with Crippen molar-refractivity contribution in [2.24, 2.45) is 0 Å². The Labute approximate surface area is 176 Å². The third kappa shape index (κ3) is 5.04. The predicted octanol–water partition coefficient (Wildman–Crippen LogP) is 3.22. The van der Waals surface area contributed by atoms with Crippen LogP contribution in [0, 0.1) is 5.82 Å². The van der Waals surface area contributed by atoms with Crippen molar-refractivity contribution >= 4 is 40.2 Å². The molecule has 0 saturated heterocycles. The van der Waals surface area contributed by atoms with E-state index in [2.05, 4.69) is 15.0 Å². The lowest BCUT2D eigenvalue weighted by atomic mass is 10.2. The zero-order chi connectivity index (χ0) is 21.7. The van der Waals surface area contributed by atoms with Gasteiger partial charge in [-0.1, -0.05) is 23.9 Å². The van der Waals surface area contributed by atoms with Gasteiger partial charge in [0.25, 0.3) is 5.56 Å². The first-order valence-electron chi connectivity index (χ1n) is 9.18. The van der Waals surface area contributed by atoms with Gasteiger partial charge in [-0.25, -0.2) is 9.37 Å². The Balaban J connectivity index is 1.87. The number of esters is 1. The first kappa shape index (κ1) is 21.5. The number of hydrogen-bond donors (Lipinski definition) is 1. The summed E-state index contributed by atoms with van der Waals surface area (Å²) < 4.78 is 19.1. The minimum atomic E-state index is -0.604. The fourth-order valence-corrected chi connectivity index (χ4v) is 3.66. The summed E-state index contributed by atoms with van der Waals surface area (Å²) in [6.45, 7) is 1.76. The Morgan fingerprint density at radius 1 is 1.20 bits per heavy atom. The number of amides is 1. The molecule has 3 aromatic rings. The van der Waals surface area contributed by atoms with E-state index in [0.717, 1.165) is 11.8 Å². The van der Waals surface area contributed by atoms with Crippen LogP contribution in [0.1, 0.15) is 13.3 Å². The highest BCUT2D eigenvalue weighted by Gasteiger charge is 2.20. The van der Waals surface area contributed by atoms with Crippen LogP contribution in [-0.2, 0) is 20.9 Å². The number of thioether (sulfide) groups is 1. The second-order valence-electron chi connectivity index (χ2n) is 6.45. The molecule has 3 rings (SSSR count). The summed E-state index contributed by atoms with van der Waals surface area (Å²) in [7, 11) is 1.28. The average Bonchev–Trinajstić information content (AvgIpc) is 2.74. The molecule has 0 aliphatic carbocycles. The van der Waals surface area contributed by atoms with Gasteiger partial charge >= 0.3 is 5.97 Å². The van der Waals surface area contributed by atoms with Gasteiger partial charge in [0.1, 0.15) is 5.82 Å². The molecule has 0 bridgehead atoms. The fraction of sp³-hybridized carbons (Fsp3) is 0.238. The molecule has 0 aliphatic heterocycles. The Morgan fingerprint density at radius 2 is 1.90 bits per heavy atom. The molecule has 1 aromatic heterocycles. The van der Waals surface area contributed by atoms with E-state index in [0.29, 0.717) is 21.7 Å². The van der Waals surface area contributed by atoms with Crippen molar-refractivity contribution in [3.63, 3.8) is 0 Å². The maximum Gasteiger partial charge on any atom is 0.307 e. The molecule has 0 saturated carbocycles. The minimum absolute atomic E-state index is 0.000143. The van der Waals surface area contributed by atoms with E-state index in [4.69, 9.17) is 0 Å². The van der Waals surface area contributed by atoms with Crippen molar-refractivity contribution in [1.82, 2.24) is 9.55 Å². The molecule has 9 heteroatoms. The van der Waals surface area contributed by atoms with Crippen LogP contribution in [0.2, 0.25) is 0 Å². The molecule has 0 radical (unpaired) electrons. The number of para-hydroxylation sites is 1. The standard InChI is InChI=1S/C21H20FN3O4S/c1-13(19(27)23-15-9-7-14(22)8-10-15)30-21-24-17-6-4-3-5-16(17)20(28)25(21)12-11-18(26)29-2/h3-10,13H,11-12H2,1-2H3,(H,23,27). The van der Waals surface area contributed by atoms with Gasteiger partial charge in [0, 0.05) is 12.2 Å². The number of ether oxygens (including phenoxy) is 1. The molecule has 0 aliphatic rings. The van der Waals surface area contributed by atoms with Gasteiger partial charge in [-0.05, 0) is 43.3 Å². The van der Waals surface area contributed by atoms with Gasteiger partial charge < -0.3 is 10.1 Å². The summed E-state index contributed by atoms with van der Waals surface area (Å²) >= 11 is 1.10. The Bertz CT molecular complexity index is 1130. The van der Waals surface area contributed by atoms with Crippen LogP contribution in [0.15, 0.2) is 58.5 Å². The van der Waals surface area contributed by atoms with E-state index >= 15 is 0 Å². The second kappa shape index (κ2) is 9.53. The largest absolute Gasteiger partial charge is 0.469 e. The Morgan fingerprint density at radius 3 is 2.60 bits per heavy atom. The summed E-state index contributed by atoms with van der Waals surface area (Å²) in [5.41, 5.74) is 0.673. The van der Waals surface area contributed by atoms with Gasteiger partial charge in [-0.15, -0.1) is 0 Å². The van der Waals surface area contributed by atoms with E-state index in [1.54, 1.807) is 31.2 Å². The first-order valence-corrected chi connectivity index (χ1v) is 10.1. The molecule has 1 unspecified atom stereocenters. The molecular weight excluding hydrogens is 409 g/mol. The number of methoxy groups -OCH3 is 1. The monoisotopic (exact) mass is 429 g/mol. The molecule has 30 heavy (non-hydrogen) atoms. The third-order valence-electron chi connectivity index (χ3n) is 4.36. The number of aromatic nitrogens is 2. The predicted molar refractivity (Wildman–Crippen MR) is 113 cm³/mol. The minimum Gasteiger partial charge on any atom is -0.469 e. The third-order valence-corrected chi connectivity index (χ3v) is 5.45. The van der Waals surface area contributed by atoms with Crippen LogP contribution < -0.4 is 10.9 Å². The van der Waals surface area contributed by atoms with Crippen molar-refractivity contribution < 1.29 is 18.7 Å². The lowest BCUT2D eigenvalue weighted by molar-refractivity contribution is -0.140. The summed E-state index contributed by atoms with van der Waals surface area (Å²) in [5, 5.41) is 2.85. The van der Waals surface area contributed by atoms with Crippen molar-refractivity contribution in [1.29, 1.82) is 0 Å². The van der Waals surface area contributed by atoms with E-state index in [1.807, 2.05) is 0 Å². The van der Waals surface area contributed by atoms with Gasteiger partial charge in [0.05, 0.1) is 29.7 Å². The Hall–Kier alpha value is -3.20. The summed E-state index contributed by atoms with van der Waals surface area (Å²) in [6.07, 6.45) is 0.000143. The highest BCUT2D eigenvalue weighted by atomic mass is 32.2. The molecule has 1 atom stereocenters. The number of benzene rings is 2. The molecule has 1 N–H and O–H groups in total. The number of anilines is 1. The maximum absolute atomic E-state index is 13.0. The van der Waals surface area contributed by atoms with Crippen LogP contribution in [0.5, 0.6) is 0 Å².